The van der Waals surface area contributed by atoms with E-state index >= 15 is 0 Å². The minimum atomic E-state index is -0.531. The molecule has 2 heterocycles. The van der Waals surface area contributed by atoms with Gasteiger partial charge in [-0.2, -0.15) is 0 Å². The van der Waals surface area contributed by atoms with E-state index in [0.29, 0.717) is 12.2 Å². The average Bonchev–Trinajstić information content (AvgIpc) is 3.03. The van der Waals surface area contributed by atoms with Crippen molar-refractivity contribution in [3.63, 3.8) is 0 Å². The van der Waals surface area contributed by atoms with Crippen molar-refractivity contribution in [2.24, 2.45) is 0 Å². The maximum atomic E-state index is 12.2. The molecule has 10 heteroatoms. The average molecular weight is 394 g/mol. The summed E-state index contributed by atoms with van der Waals surface area (Å²) in [6.45, 7) is 6.00. The molecule has 0 atom stereocenters. The lowest BCUT2D eigenvalue weighted by Crippen LogP contribution is -2.48. The highest BCUT2D eigenvalue weighted by Gasteiger charge is 2.20. The van der Waals surface area contributed by atoms with Crippen molar-refractivity contribution < 1.29 is 14.2 Å². The first kappa shape index (κ1) is 19.3. The fourth-order valence-electron chi connectivity index (χ4n) is 2.93. The number of amides is 1. The Hall–Kier alpha value is -2.49. The highest BCUT2D eigenvalue weighted by Crippen LogP contribution is 2.26. The van der Waals surface area contributed by atoms with Crippen LogP contribution < -0.4 is 5.32 Å². The Bertz CT molecular complexity index is 832. The first-order valence-electron chi connectivity index (χ1n) is 8.51. The Morgan fingerprint density at radius 2 is 2.00 bits per heavy atom. The van der Waals surface area contributed by atoms with Crippen molar-refractivity contribution in [1.82, 2.24) is 15.0 Å². The Labute approximate surface area is 161 Å². The number of nitrogens with zero attached hydrogens (tertiary/aromatic N) is 4. The molecule has 1 saturated heterocycles. The topological polar surface area (TPSA) is 105 Å². The van der Waals surface area contributed by atoms with Gasteiger partial charge in [0.05, 0.1) is 34.4 Å². The molecule has 1 aliphatic heterocycles. The third-order valence-corrected chi connectivity index (χ3v) is 4.64. The van der Waals surface area contributed by atoms with Gasteiger partial charge in [-0.1, -0.05) is 16.8 Å². The van der Waals surface area contributed by atoms with Crippen LogP contribution >= 0.6 is 11.6 Å². The third-order valence-electron chi connectivity index (χ3n) is 4.33. The SMILES string of the molecule is Cc1cc(CN2CCN(CC(=O)Nc3ccc([N+](=O)[O-])cc3Cl)CC2)on1. The molecule has 0 aliphatic carbocycles. The van der Waals surface area contributed by atoms with Crippen molar-refractivity contribution in [2.45, 2.75) is 13.5 Å². The number of nitro groups is 1. The largest absolute Gasteiger partial charge is 0.360 e. The number of hydrogen-bond acceptors (Lipinski definition) is 7. The van der Waals surface area contributed by atoms with Gasteiger partial charge in [-0.3, -0.25) is 24.7 Å². The van der Waals surface area contributed by atoms with Gasteiger partial charge >= 0.3 is 0 Å². The second-order valence-electron chi connectivity index (χ2n) is 6.46. The quantitative estimate of drug-likeness (QED) is 0.593. The molecule has 1 aliphatic rings. The van der Waals surface area contributed by atoms with E-state index in [0.717, 1.165) is 37.6 Å². The van der Waals surface area contributed by atoms with Gasteiger partial charge in [-0.15, -0.1) is 0 Å². The summed E-state index contributed by atoms with van der Waals surface area (Å²) in [5, 5.41) is 17.5. The fraction of sp³-hybridized carbons (Fsp3) is 0.412. The van der Waals surface area contributed by atoms with Gasteiger partial charge in [0.25, 0.3) is 5.69 Å². The summed E-state index contributed by atoms with van der Waals surface area (Å²) in [5.74, 6) is 0.636. The van der Waals surface area contributed by atoms with E-state index in [4.69, 9.17) is 16.1 Å². The smallest absolute Gasteiger partial charge is 0.271 e. The summed E-state index contributed by atoms with van der Waals surface area (Å²) < 4.78 is 5.24. The van der Waals surface area contributed by atoms with Crippen LogP contribution in [-0.2, 0) is 11.3 Å². The van der Waals surface area contributed by atoms with Crippen LogP contribution in [0.15, 0.2) is 28.8 Å². The van der Waals surface area contributed by atoms with E-state index in [9.17, 15) is 14.9 Å². The summed E-state index contributed by atoms with van der Waals surface area (Å²) in [4.78, 5) is 26.8. The summed E-state index contributed by atoms with van der Waals surface area (Å²) in [6, 6.07) is 5.90. The van der Waals surface area contributed by atoms with Gasteiger partial charge < -0.3 is 9.84 Å². The Morgan fingerprint density at radius 1 is 1.30 bits per heavy atom. The molecule has 27 heavy (non-hydrogen) atoms. The predicted molar refractivity (Wildman–Crippen MR) is 99.7 cm³/mol. The zero-order valence-electron chi connectivity index (χ0n) is 14.9. The van der Waals surface area contributed by atoms with E-state index in [-0.39, 0.29) is 23.2 Å². The van der Waals surface area contributed by atoms with Crippen molar-refractivity contribution in [3.05, 3.63) is 50.9 Å². The molecule has 2 aromatic rings. The maximum Gasteiger partial charge on any atom is 0.271 e. The second-order valence-corrected chi connectivity index (χ2v) is 6.86. The maximum absolute atomic E-state index is 12.2. The van der Waals surface area contributed by atoms with Crippen LogP contribution in [0.1, 0.15) is 11.5 Å². The predicted octanol–water partition coefficient (Wildman–Crippen LogP) is 2.30. The van der Waals surface area contributed by atoms with E-state index in [1.165, 1.54) is 18.2 Å². The molecule has 0 unspecified atom stereocenters. The van der Waals surface area contributed by atoms with Gasteiger partial charge in [-0.25, -0.2) is 0 Å². The number of aryl methyl sites for hydroxylation is 1. The van der Waals surface area contributed by atoms with Crippen LogP contribution in [0, 0.1) is 17.0 Å². The summed E-state index contributed by atoms with van der Waals surface area (Å²) in [5.41, 5.74) is 1.12. The molecule has 1 N–H and O–H groups in total. The standard InChI is InChI=1S/C17H20ClN5O4/c1-12-8-14(27-20-12)10-21-4-6-22(7-5-21)11-17(24)19-16-3-2-13(23(25)26)9-15(16)18/h2-3,8-9H,4-7,10-11H2,1H3,(H,19,24). The number of aromatic nitrogens is 1. The van der Waals surface area contributed by atoms with Crippen LogP contribution in [0.4, 0.5) is 11.4 Å². The molecule has 0 radical (unpaired) electrons. The highest BCUT2D eigenvalue weighted by atomic mass is 35.5. The van der Waals surface area contributed by atoms with Crippen molar-refractivity contribution >= 4 is 28.9 Å². The molecule has 144 valence electrons. The number of rotatable bonds is 6. The number of nitrogens with one attached hydrogen (secondary N) is 1. The summed E-state index contributed by atoms with van der Waals surface area (Å²) in [7, 11) is 0. The molecule has 1 fully saturated rings. The summed E-state index contributed by atoms with van der Waals surface area (Å²) >= 11 is 6.00. The highest BCUT2D eigenvalue weighted by molar-refractivity contribution is 6.34. The number of carbonyl (C=O) groups excluding carboxylic acids is 1. The normalized spacial score (nSPS) is 15.6. The third kappa shape index (κ3) is 5.25. The van der Waals surface area contributed by atoms with E-state index < -0.39 is 4.92 Å². The van der Waals surface area contributed by atoms with Crippen LogP contribution in [0.3, 0.4) is 0 Å². The lowest BCUT2D eigenvalue weighted by molar-refractivity contribution is -0.384. The van der Waals surface area contributed by atoms with Crippen molar-refractivity contribution in [2.75, 3.05) is 38.0 Å². The monoisotopic (exact) mass is 393 g/mol. The minimum absolute atomic E-state index is 0.115. The van der Waals surface area contributed by atoms with Gasteiger partial charge in [-0.05, 0) is 13.0 Å². The molecule has 1 aromatic carbocycles. The first-order valence-corrected chi connectivity index (χ1v) is 8.89. The molecule has 0 saturated carbocycles. The van der Waals surface area contributed by atoms with Gasteiger partial charge in [0.15, 0.2) is 5.76 Å². The second kappa shape index (κ2) is 8.47. The molecule has 9 nitrogen and oxygen atoms in total. The number of piperazine rings is 1. The zero-order valence-corrected chi connectivity index (χ0v) is 15.6. The van der Waals surface area contributed by atoms with Gasteiger partial charge in [0.1, 0.15) is 0 Å². The van der Waals surface area contributed by atoms with E-state index in [1.807, 2.05) is 13.0 Å². The van der Waals surface area contributed by atoms with Crippen molar-refractivity contribution in [1.29, 1.82) is 0 Å². The minimum Gasteiger partial charge on any atom is -0.360 e. The number of anilines is 1. The molecule has 0 bridgehead atoms. The Balaban J connectivity index is 1.46. The lowest BCUT2D eigenvalue weighted by atomic mass is 10.2. The molecule has 1 amide bonds. The van der Waals surface area contributed by atoms with Crippen LogP contribution in [0.2, 0.25) is 5.02 Å². The number of nitro benzene ring substituents is 1. The Kier molecular flexibility index (Phi) is 6.04. The molecule has 3 rings (SSSR count). The number of benzene rings is 1. The lowest BCUT2D eigenvalue weighted by Gasteiger charge is -2.33. The van der Waals surface area contributed by atoms with Gasteiger partial charge in [0.2, 0.25) is 5.91 Å². The fourth-order valence-corrected chi connectivity index (χ4v) is 3.15. The molecular weight excluding hydrogens is 374 g/mol. The van der Waals surface area contributed by atoms with Crippen LogP contribution in [-0.4, -0.2) is 58.5 Å². The number of hydrogen-bond donors (Lipinski definition) is 1. The van der Waals surface area contributed by atoms with Crippen LogP contribution in [0.25, 0.3) is 0 Å². The number of non-ortho nitro benzene ring substituents is 1. The zero-order chi connectivity index (χ0) is 19.4. The Morgan fingerprint density at radius 3 is 2.59 bits per heavy atom. The van der Waals surface area contributed by atoms with E-state index in [2.05, 4.69) is 20.3 Å². The van der Waals surface area contributed by atoms with Gasteiger partial charge in [0, 0.05) is 44.4 Å². The molecular formula is C17H20ClN5O4. The first-order chi connectivity index (χ1) is 12.9. The number of carbonyl (C=O) groups is 1. The van der Waals surface area contributed by atoms with Crippen LogP contribution in [0.5, 0.6) is 0 Å². The molecule has 1 aromatic heterocycles. The number of halogens is 1. The summed E-state index contributed by atoms with van der Waals surface area (Å²) in [6.07, 6.45) is 0. The molecule has 0 spiro atoms. The van der Waals surface area contributed by atoms with Crippen molar-refractivity contribution in [3.8, 4) is 0 Å². The van der Waals surface area contributed by atoms with E-state index in [1.54, 1.807) is 0 Å².